The Morgan fingerprint density at radius 1 is 1.43 bits per heavy atom. The van der Waals surface area contributed by atoms with Crippen LogP contribution in [0.5, 0.6) is 0 Å². The SMILES string of the molecule is CC(=O)Nc1nc2n(n1)[C@H](c1ccc(Cl)cc1)CC(=O)N2. The van der Waals surface area contributed by atoms with Crippen LogP contribution in [0.2, 0.25) is 5.02 Å². The Morgan fingerprint density at radius 2 is 2.14 bits per heavy atom. The van der Waals surface area contributed by atoms with Crippen LogP contribution >= 0.6 is 11.6 Å². The molecule has 0 radical (unpaired) electrons. The number of nitrogens with one attached hydrogen (secondary N) is 2. The molecule has 1 aromatic carbocycles. The molecule has 8 heteroatoms. The minimum absolute atomic E-state index is 0.149. The van der Waals surface area contributed by atoms with Crippen molar-refractivity contribution in [3.63, 3.8) is 0 Å². The van der Waals surface area contributed by atoms with E-state index in [2.05, 4.69) is 20.7 Å². The summed E-state index contributed by atoms with van der Waals surface area (Å²) in [6.07, 6.45) is 0.248. The molecule has 21 heavy (non-hydrogen) atoms. The van der Waals surface area contributed by atoms with Crippen LogP contribution in [-0.2, 0) is 9.59 Å². The van der Waals surface area contributed by atoms with Crippen molar-refractivity contribution in [3.8, 4) is 0 Å². The van der Waals surface area contributed by atoms with Crippen molar-refractivity contribution < 1.29 is 9.59 Å². The van der Waals surface area contributed by atoms with Gasteiger partial charge in [0.25, 0.3) is 5.95 Å². The van der Waals surface area contributed by atoms with Crippen LogP contribution in [-0.4, -0.2) is 26.6 Å². The van der Waals surface area contributed by atoms with E-state index < -0.39 is 0 Å². The van der Waals surface area contributed by atoms with Crippen LogP contribution in [0.25, 0.3) is 0 Å². The van der Waals surface area contributed by atoms with Gasteiger partial charge in [-0.1, -0.05) is 23.7 Å². The fraction of sp³-hybridized carbons (Fsp3) is 0.231. The maximum atomic E-state index is 11.8. The highest BCUT2D eigenvalue weighted by molar-refractivity contribution is 6.30. The first-order valence-electron chi connectivity index (χ1n) is 6.32. The molecule has 0 saturated heterocycles. The Bertz CT molecular complexity index is 710. The number of carbonyl (C=O) groups is 2. The van der Waals surface area contributed by atoms with Crippen molar-refractivity contribution in [3.05, 3.63) is 34.9 Å². The van der Waals surface area contributed by atoms with Gasteiger partial charge < -0.3 is 0 Å². The first-order valence-corrected chi connectivity index (χ1v) is 6.70. The van der Waals surface area contributed by atoms with Crippen molar-refractivity contribution in [2.45, 2.75) is 19.4 Å². The lowest BCUT2D eigenvalue weighted by Gasteiger charge is -2.23. The summed E-state index contributed by atoms with van der Waals surface area (Å²) >= 11 is 5.88. The predicted octanol–water partition coefficient (Wildman–Crippen LogP) is 1.82. The molecule has 0 unspecified atom stereocenters. The monoisotopic (exact) mass is 305 g/mol. The lowest BCUT2D eigenvalue weighted by molar-refractivity contribution is -0.117. The standard InChI is InChI=1S/C13H12ClN5O2/c1-7(20)15-12-17-13-16-11(21)6-10(19(13)18-12)8-2-4-9(14)5-3-8/h2-5,10H,6H2,1H3,(H2,15,16,17,18,20,21)/t10-/m0/s1. The zero-order valence-corrected chi connectivity index (χ0v) is 11.9. The number of hydrogen-bond donors (Lipinski definition) is 2. The molecule has 3 rings (SSSR count). The van der Waals surface area contributed by atoms with Gasteiger partial charge in [0.1, 0.15) is 0 Å². The molecule has 1 atom stereocenters. The third-order valence-electron chi connectivity index (χ3n) is 3.10. The van der Waals surface area contributed by atoms with Crippen molar-refractivity contribution in [2.75, 3.05) is 10.6 Å². The maximum Gasteiger partial charge on any atom is 0.250 e. The van der Waals surface area contributed by atoms with Gasteiger partial charge in [0.2, 0.25) is 17.8 Å². The van der Waals surface area contributed by atoms with Crippen molar-refractivity contribution in [1.82, 2.24) is 14.8 Å². The summed E-state index contributed by atoms with van der Waals surface area (Å²) in [5, 5.41) is 9.99. The zero-order valence-electron chi connectivity index (χ0n) is 11.1. The molecule has 1 aliphatic rings. The molecular weight excluding hydrogens is 294 g/mol. The van der Waals surface area contributed by atoms with Crippen molar-refractivity contribution in [1.29, 1.82) is 0 Å². The smallest absolute Gasteiger partial charge is 0.250 e. The summed E-state index contributed by atoms with van der Waals surface area (Å²) in [6, 6.07) is 6.93. The molecule has 2 aromatic rings. The number of hydrogen-bond acceptors (Lipinski definition) is 4. The molecule has 1 aromatic heterocycles. The number of halogens is 1. The fourth-order valence-corrected chi connectivity index (χ4v) is 2.34. The second kappa shape index (κ2) is 5.17. The van der Waals surface area contributed by atoms with E-state index in [-0.39, 0.29) is 30.2 Å². The lowest BCUT2D eigenvalue weighted by atomic mass is 10.0. The quantitative estimate of drug-likeness (QED) is 0.885. The summed E-state index contributed by atoms with van der Waals surface area (Å²) in [5.74, 6) is 0.0603. The number of fused-ring (bicyclic) bond motifs is 1. The highest BCUT2D eigenvalue weighted by Crippen LogP contribution is 2.30. The fourth-order valence-electron chi connectivity index (χ4n) is 2.22. The highest BCUT2D eigenvalue weighted by atomic mass is 35.5. The van der Waals surface area contributed by atoms with E-state index in [4.69, 9.17) is 11.6 Å². The number of aromatic nitrogens is 3. The van der Waals surface area contributed by atoms with Crippen LogP contribution in [0.1, 0.15) is 24.9 Å². The minimum atomic E-state index is -0.277. The summed E-state index contributed by atoms with van der Waals surface area (Å²) in [6.45, 7) is 1.37. The Kier molecular flexibility index (Phi) is 3.34. The van der Waals surface area contributed by atoms with E-state index in [1.54, 1.807) is 16.8 Å². The van der Waals surface area contributed by atoms with E-state index in [1.165, 1.54) is 6.92 Å². The number of carbonyl (C=O) groups excluding carboxylic acids is 2. The molecule has 108 valence electrons. The molecular formula is C13H12ClN5O2. The first-order chi connectivity index (χ1) is 10.0. The summed E-state index contributed by atoms with van der Waals surface area (Å²) in [7, 11) is 0. The van der Waals surface area contributed by atoms with Gasteiger partial charge in [0.05, 0.1) is 12.5 Å². The Labute approximate surface area is 125 Å². The highest BCUT2D eigenvalue weighted by Gasteiger charge is 2.29. The van der Waals surface area contributed by atoms with E-state index in [0.717, 1.165) is 5.56 Å². The third kappa shape index (κ3) is 2.73. The number of benzene rings is 1. The van der Waals surface area contributed by atoms with Gasteiger partial charge in [-0.25, -0.2) is 4.68 Å². The van der Waals surface area contributed by atoms with Crippen LogP contribution in [0.15, 0.2) is 24.3 Å². The molecule has 2 heterocycles. The topological polar surface area (TPSA) is 88.9 Å². The summed E-state index contributed by atoms with van der Waals surface area (Å²) < 4.78 is 1.59. The van der Waals surface area contributed by atoms with Crippen LogP contribution in [0, 0.1) is 0 Å². The number of rotatable bonds is 2. The Hall–Kier alpha value is -2.41. The van der Waals surface area contributed by atoms with E-state index in [9.17, 15) is 9.59 Å². The third-order valence-corrected chi connectivity index (χ3v) is 3.35. The van der Waals surface area contributed by atoms with Gasteiger partial charge in [0, 0.05) is 11.9 Å². The van der Waals surface area contributed by atoms with Gasteiger partial charge in [-0.05, 0) is 17.7 Å². The first kappa shape index (κ1) is 13.6. The maximum absolute atomic E-state index is 11.8. The minimum Gasteiger partial charge on any atom is -0.295 e. The molecule has 1 aliphatic heterocycles. The van der Waals surface area contributed by atoms with E-state index in [1.807, 2.05) is 12.1 Å². The molecule has 2 N–H and O–H groups in total. The van der Waals surface area contributed by atoms with Crippen LogP contribution < -0.4 is 10.6 Å². The van der Waals surface area contributed by atoms with Gasteiger partial charge in [-0.2, -0.15) is 4.98 Å². The molecule has 0 spiro atoms. The largest absolute Gasteiger partial charge is 0.295 e. The Balaban J connectivity index is 2.00. The average Bonchev–Trinajstić information content (AvgIpc) is 2.79. The summed E-state index contributed by atoms with van der Waals surface area (Å²) in [5.41, 5.74) is 0.898. The molecule has 7 nitrogen and oxygen atoms in total. The number of anilines is 2. The van der Waals surface area contributed by atoms with Crippen molar-refractivity contribution in [2.24, 2.45) is 0 Å². The molecule has 0 saturated carbocycles. The van der Waals surface area contributed by atoms with Gasteiger partial charge >= 0.3 is 0 Å². The Morgan fingerprint density at radius 3 is 2.81 bits per heavy atom. The van der Waals surface area contributed by atoms with Crippen molar-refractivity contribution >= 4 is 35.3 Å². The van der Waals surface area contributed by atoms with Crippen LogP contribution in [0.4, 0.5) is 11.9 Å². The summed E-state index contributed by atoms with van der Waals surface area (Å²) in [4.78, 5) is 27.0. The average molecular weight is 306 g/mol. The van der Waals surface area contributed by atoms with Gasteiger partial charge in [-0.15, -0.1) is 5.10 Å². The lowest BCUT2D eigenvalue weighted by Crippen LogP contribution is -2.29. The van der Waals surface area contributed by atoms with Crippen LogP contribution in [0.3, 0.4) is 0 Å². The zero-order chi connectivity index (χ0) is 15.0. The van der Waals surface area contributed by atoms with Gasteiger partial charge in [-0.3, -0.25) is 20.2 Å². The predicted molar refractivity (Wildman–Crippen MR) is 77.2 cm³/mol. The molecule has 2 amide bonds. The number of amides is 2. The second-order valence-electron chi connectivity index (χ2n) is 4.70. The van der Waals surface area contributed by atoms with Gasteiger partial charge in [0.15, 0.2) is 0 Å². The van der Waals surface area contributed by atoms with E-state index in [0.29, 0.717) is 11.0 Å². The van der Waals surface area contributed by atoms with E-state index >= 15 is 0 Å². The second-order valence-corrected chi connectivity index (χ2v) is 5.14. The molecule has 0 fully saturated rings. The molecule has 0 aliphatic carbocycles. The number of nitrogens with zero attached hydrogens (tertiary/aromatic N) is 3. The normalized spacial score (nSPS) is 17.0. The molecule has 0 bridgehead atoms.